The standard InChI is InChI=1S/C11H15BrO.C4H9Br/c1-8(2)7-13-11-6-9(3)4-5-10(11)12;1-4(2)3-5/h4-6,8H,7H2,1-3H3;4H,3H2,1-2H3. The van der Waals surface area contributed by atoms with Crippen molar-refractivity contribution in [1.82, 2.24) is 0 Å². The van der Waals surface area contributed by atoms with Crippen LogP contribution in [-0.2, 0) is 0 Å². The molecule has 0 aliphatic carbocycles. The zero-order valence-corrected chi connectivity index (χ0v) is 15.1. The molecule has 0 bridgehead atoms. The van der Waals surface area contributed by atoms with Crippen LogP contribution in [0.1, 0.15) is 33.3 Å². The molecule has 0 radical (unpaired) electrons. The van der Waals surface area contributed by atoms with Crippen molar-refractivity contribution >= 4 is 31.9 Å². The number of aryl methyl sites for hydroxylation is 1. The molecule has 1 aromatic carbocycles. The summed E-state index contributed by atoms with van der Waals surface area (Å²) in [6, 6.07) is 6.13. The van der Waals surface area contributed by atoms with E-state index in [1.807, 2.05) is 12.1 Å². The number of rotatable bonds is 4. The zero-order chi connectivity index (χ0) is 14.1. The first-order valence-electron chi connectivity index (χ1n) is 6.31. The summed E-state index contributed by atoms with van der Waals surface area (Å²) < 4.78 is 6.66. The fraction of sp³-hybridized carbons (Fsp3) is 0.600. The number of hydrogen-bond donors (Lipinski definition) is 0. The van der Waals surface area contributed by atoms with E-state index in [1.165, 1.54) is 5.56 Å². The van der Waals surface area contributed by atoms with Gasteiger partial charge in [0.05, 0.1) is 11.1 Å². The van der Waals surface area contributed by atoms with Gasteiger partial charge in [0.1, 0.15) is 5.75 Å². The number of halogens is 2. The normalized spacial score (nSPS) is 10.3. The van der Waals surface area contributed by atoms with Gasteiger partial charge in [-0.2, -0.15) is 0 Å². The summed E-state index contributed by atoms with van der Waals surface area (Å²) in [5, 5.41) is 1.12. The summed E-state index contributed by atoms with van der Waals surface area (Å²) in [6.45, 7) is 11.5. The summed E-state index contributed by atoms with van der Waals surface area (Å²) in [5.74, 6) is 2.30. The Balaban J connectivity index is 0.000000494. The van der Waals surface area contributed by atoms with Crippen molar-refractivity contribution in [2.75, 3.05) is 11.9 Å². The van der Waals surface area contributed by atoms with Gasteiger partial charge >= 0.3 is 0 Å². The molecule has 3 heteroatoms. The third-order valence-corrected chi connectivity index (χ3v) is 3.92. The first-order valence-corrected chi connectivity index (χ1v) is 8.23. The molecule has 0 fully saturated rings. The van der Waals surface area contributed by atoms with E-state index in [4.69, 9.17) is 4.74 Å². The molecule has 18 heavy (non-hydrogen) atoms. The minimum absolute atomic E-state index is 0.562. The van der Waals surface area contributed by atoms with Gasteiger partial charge in [0.25, 0.3) is 0 Å². The average Bonchev–Trinajstić information content (AvgIpc) is 2.31. The molecular weight excluding hydrogens is 356 g/mol. The van der Waals surface area contributed by atoms with E-state index < -0.39 is 0 Å². The molecule has 1 aromatic rings. The predicted octanol–water partition coefficient (Wildman–Crippen LogP) is 5.83. The summed E-state index contributed by atoms with van der Waals surface area (Å²) in [4.78, 5) is 0. The summed E-state index contributed by atoms with van der Waals surface area (Å²) in [7, 11) is 0. The van der Waals surface area contributed by atoms with E-state index in [2.05, 4.69) is 72.5 Å². The third-order valence-electron chi connectivity index (χ3n) is 1.97. The number of hydrogen-bond acceptors (Lipinski definition) is 1. The molecule has 0 atom stereocenters. The molecule has 0 spiro atoms. The van der Waals surface area contributed by atoms with Crippen molar-refractivity contribution in [3.63, 3.8) is 0 Å². The molecule has 104 valence electrons. The van der Waals surface area contributed by atoms with Crippen molar-refractivity contribution in [3.8, 4) is 5.75 Å². The average molecular weight is 380 g/mol. The van der Waals surface area contributed by atoms with Gasteiger partial charge in [-0.1, -0.05) is 49.7 Å². The van der Waals surface area contributed by atoms with E-state index in [-0.39, 0.29) is 0 Å². The lowest BCUT2D eigenvalue weighted by molar-refractivity contribution is 0.269. The van der Waals surface area contributed by atoms with Gasteiger partial charge in [-0.05, 0) is 52.4 Å². The lowest BCUT2D eigenvalue weighted by atomic mass is 10.2. The quantitative estimate of drug-likeness (QED) is 0.598. The number of benzene rings is 1. The molecule has 0 saturated carbocycles. The third kappa shape index (κ3) is 8.98. The minimum Gasteiger partial charge on any atom is -0.492 e. The van der Waals surface area contributed by atoms with Crippen LogP contribution in [0.15, 0.2) is 22.7 Å². The Kier molecular flexibility index (Phi) is 9.84. The van der Waals surface area contributed by atoms with Crippen LogP contribution in [-0.4, -0.2) is 11.9 Å². The number of ether oxygens (including phenoxy) is 1. The van der Waals surface area contributed by atoms with Crippen molar-refractivity contribution in [2.24, 2.45) is 11.8 Å². The Morgan fingerprint density at radius 2 is 1.67 bits per heavy atom. The van der Waals surface area contributed by atoms with Crippen molar-refractivity contribution < 1.29 is 4.74 Å². The first-order chi connectivity index (χ1) is 8.36. The minimum atomic E-state index is 0.562. The van der Waals surface area contributed by atoms with Gasteiger partial charge in [0.15, 0.2) is 0 Å². The summed E-state index contributed by atoms with van der Waals surface area (Å²) in [5.41, 5.74) is 1.22. The Hall–Kier alpha value is -0.0200. The highest BCUT2D eigenvalue weighted by Gasteiger charge is 2.02. The van der Waals surface area contributed by atoms with E-state index in [1.54, 1.807) is 0 Å². The molecule has 1 rings (SSSR count). The molecule has 0 aliphatic heterocycles. The molecule has 0 heterocycles. The van der Waals surface area contributed by atoms with Crippen LogP contribution in [0.2, 0.25) is 0 Å². The van der Waals surface area contributed by atoms with Crippen molar-refractivity contribution in [2.45, 2.75) is 34.6 Å². The molecule has 0 unspecified atom stereocenters. The predicted molar refractivity (Wildman–Crippen MR) is 87.8 cm³/mol. The zero-order valence-electron chi connectivity index (χ0n) is 12.0. The highest BCUT2D eigenvalue weighted by atomic mass is 79.9. The summed E-state index contributed by atoms with van der Waals surface area (Å²) in [6.07, 6.45) is 0. The second kappa shape index (κ2) is 9.85. The molecule has 0 N–H and O–H groups in total. The van der Waals surface area contributed by atoms with Gasteiger partial charge < -0.3 is 4.74 Å². The van der Waals surface area contributed by atoms with E-state index in [0.29, 0.717) is 5.92 Å². The molecule has 1 nitrogen and oxygen atoms in total. The largest absolute Gasteiger partial charge is 0.492 e. The Morgan fingerprint density at radius 3 is 2.11 bits per heavy atom. The van der Waals surface area contributed by atoms with Crippen LogP contribution in [0.5, 0.6) is 5.75 Å². The van der Waals surface area contributed by atoms with Gasteiger partial charge in [0, 0.05) is 5.33 Å². The molecule has 0 aromatic heterocycles. The Labute approximate surface area is 129 Å². The van der Waals surface area contributed by atoms with Gasteiger partial charge in [-0.3, -0.25) is 0 Å². The van der Waals surface area contributed by atoms with Crippen LogP contribution < -0.4 is 4.74 Å². The van der Waals surface area contributed by atoms with Crippen LogP contribution in [0, 0.1) is 18.8 Å². The van der Waals surface area contributed by atoms with E-state index >= 15 is 0 Å². The summed E-state index contributed by atoms with van der Waals surface area (Å²) >= 11 is 6.77. The second-order valence-corrected chi connectivity index (χ2v) is 6.69. The highest BCUT2D eigenvalue weighted by Crippen LogP contribution is 2.26. The fourth-order valence-electron chi connectivity index (χ4n) is 0.978. The molecular formula is C15H24Br2O. The van der Waals surface area contributed by atoms with Crippen molar-refractivity contribution in [1.29, 1.82) is 0 Å². The van der Waals surface area contributed by atoms with Crippen molar-refractivity contribution in [3.05, 3.63) is 28.2 Å². The fourth-order valence-corrected chi connectivity index (χ4v) is 1.34. The molecule has 0 amide bonds. The first kappa shape index (κ1) is 18.0. The lowest BCUT2D eigenvalue weighted by Crippen LogP contribution is -2.04. The maximum atomic E-state index is 5.63. The molecule has 0 aliphatic rings. The monoisotopic (exact) mass is 378 g/mol. The smallest absolute Gasteiger partial charge is 0.133 e. The maximum Gasteiger partial charge on any atom is 0.133 e. The van der Waals surface area contributed by atoms with Gasteiger partial charge in [-0.25, -0.2) is 0 Å². The van der Waals surface area contributed by atoms with Gasteiger partial charge in [0.2, 0.25) is 0 Å². The second-order valence-electron chi connectivity index (χ2n) is 5.19. The maximum absolute atomic E-state index is 5.63. The van der Waals surface area contributed by atoms with E-state index in [9.17, 15) is 0 Å². The SMILES string of the molecule is CC(C)CBr.Cc1ccc(Br)c(OCC(C)C)c1. The Morgan fingerprint density at radius 1 is 1.11 bits per heavy atom. The molecule has 0 saturated heterocycles. The van der Waals surface area contributed by atoms with Gasteiger partial charge in [-0.15, -0.1) is 0 Å². The van der Waals surface area contributed by atoms with Crippen LogP contribution in [0.3, 0.4) is 0 Å². The topological polar surface area (TPSA) is 9.23 Å². The number of alkyl halides is 1. The Bertz CT molecular complexity index is 335. The van der Waals surface area contributed by atoms with Crippen LogP contribution >= 0.6 is 31.9 Å². The lowest BCUT2D eigenvalue weighted by Gasteiger charge is -2.10. The van der Waals surface area contributed by atoms with Crippen LogP contribution in [0.25, 0.3) is 0 Å². The highest BCUT2D eigenvalue weighted by molar-refractivity contribution is 9.10. The van der Waals surface area contributed by atoms with Crippen LogP contribution in [0.4, 0.5) is 0 Å². The van der Waals surface area contributed by atoms with E-state index in [0.717, 1.165) is 28.1 Å².